The summed E-state index contributed by atoms with van der Waals surface area (Å²) in [6.07, 6.45) is 0.699. The van der Waals surface area contributed by atoms with Crippen molar-refractivity contribution in [1.29, 1.82) is 0 Å². The van der Waals surface area contributed by atoms with E-state index < -0.39 is 5.60 Å². The van der Waals surface area contributed by atoms with Crippen molar-refractivity contribution in [3.05, 3.63) is 60.2 Å². The Morgan fingerprint density at radius 1 is 1.10 bits per heavy atom. The lowest BCUT2D eigenvalue weighted by Gasteiger charge is -2.43. The molecule has 2 aromatic rings. The van der Waals surface area contributed by atoms with Gasteiger partial charge in [0.25, 0.3) is 5.91 Å². The molecule has 160 valence electrons. The summed E-state index contributed by atoms with van der Waals surface area (Å²) in [4.78, 5) is 29.1. The highest BCUT2D eigenvalue weighted by Crippen LogP contribution is 2.28. The molecule has 0 bridgehead atoms. The molecule has 1 aliphatic rings. The number of amides is 2. The van der Waals surface area contributed by atoms with E-state index in [0.717, 1.165) is 16.7 Å². The fourth-order valence-electron chi connectivity index (χ4n) is 3.89. The maximum absolute atomic E-state index is 13.2. The Morgan fingerprint density at radius 2 is 1.83 bits per heavy atom. The first-order valence-corrected chi connectivity index (χ1v) is 10.2. The molecule has 2 amide bonds. The van der Waals surface area contributed by atoms with E-state index in [-0.39, 0.29) is 18.4 Å². The van der Waals surface area contributed by atoms with Crippen LogP contribution in [0.1, 0.15) is 12.0 Å². The second kappa shape index (κ2) is 9.87. The maximum atomic E-state index is 13.2. The Balaban J connectivity index is 1.88. The highest BCUT2D eigenvalue weighted by Gasteiger charge is 2.45. The lowest BCUT2D eigenvalue weighted by Crippen LogP contribution is -2.61. The van der Waals surface area contributed by atoms with Crippen LogP contribution in [0.15, 0.2) is 54.6 Å². The molecule has 0 aromatic heterocycles. The molecular formula is C24H30N2O4. The number of benzene rings is 2. The van der Waals surface area contributed by atoms with Crippen molar-refractivity contribution in [3.63, 3.8) is 0 Å². The molecule has 0 saturated carbocycles. The molecular weight excluding hydrogens is 380 g/mol. The number of nitrogens with zero attached hydrogens (tertiary/aromatic N) is 2. The third-order valence-corrected chi connectivity index (χ3v) is 5.38. The van der Waals surface area contributed by atoms with Crippen molar-refractivity contribution >= 4 is 11.8 Å². The topological polar surface area (TPSA) is 59.1 Å². The van der Waals surface area contributed by atoms with Crippen molar-refractivity contribution in [2.45, 2.75) is 18.4 Å². The predicted octanol–water partition coefficient (Wildman–Crippen LogP) is 2.62. The summed E-state index contributed by atoms with van der Waals surface area (Å²) in [7, 11) is 5.02. The van der Waals surface area contributed by atoms with E-state index >= 15 is 0 Å². The molecule has 6 heteroatoms. The second-order valence-corrected chi connectivity index (χ2v) is 7.84. The Morgan fingerprint density at radius 3 is 2.53 bits per heavy atom. The minimum Gasteiger partial charge on any atom is -0.384 e. The van der Waals surface area contributed by atoms with Crippen LogP contribution in [0.5, 0.6) is 0 Å². The van der Waals surface area contributed by atoms with E-state index in [9.17, 15) is 9.59 Å². The zero-order valence-electron chi connectivity index (χ0n) is 18.0. The Labute approximate surface area is 178 Å². The van der Waals surface area contributed by atoms with E-state index in [1.165, 1.54) is 0 Å². The second-order valence-electron chi connectivity index (χ2n) is 7.84. The molecule has 0 aliphatic carbocycles. The van der Waals surface area contributed by atoms with Gasteiger partial charge in [0.15, 0.2) is 5.60 Å². The van der Waals surface area contributed by atoms with Crippen LogP contribution in [0.25, 0.3) is 11.1 Å². The summed E-state index contributed by atoms with van der Waals surface area (Å²) in [5.74, 6) is -0.147. The zero-order chi connectivity index (χ0) is 21.6. The molecule has 0 radical (unpaired) electrons. The van der Waals surface area contributed by atoms with Gasteiger partial charge in [0.05, 0.1) is 26.2 Å². The van der Waals surface area contributed by atoms with Crippen LogP contribution >= 0.6 is 0 Å². The lowest BCUT2D eigenvalue weighted by molar-refractivity contribution is -0.172. The molecule has 0 spiro atoms. The van der Waals surface area contributed by atoms with Gasteiger partial charge in [-0.2, -0.15) is 0 Å². The molecule has 0 N–H and O–H groups in total. The number of carbonyl (C=O) groups excluding carboxylic acids is 2. The van der Waals surface area contributed by atoms with Crippen molar-refractivity contribution in [1.82, 2.24) is 9.80 Å². The van der Waals surface area contributed by atoms with Crippen molar-refractivity contribution in [2.75, 3.05) is 47.5 Å². The molecule has 2 aromatic carbocycles. The summed E-state index contributed by atoms with van der Waals surface area (Å²) in [6.45, 7) is 1.41. The monoisotopic (exact) mass is 410 g/mol. The van der Waals surface area contributed by atoms with Crippen LogP contribution in [0.4, 0.5) is 0 Å². The van der Waals surface area contributed by atoms with Crippen LogP contribution < -0.4 is 0 Å². The summed E-state index contributed by atoms with van der Waals surface area (Å²) >= 11 is 0. The molecule has 1 saturated heterocycles. The first kappa shape index (κ1) is 22.0. The van der Waals surface area contributed by atoms with Gasteiger partial charge >= 0.3 is 0 Å². The molecule has 6 nitrogen and oxygen atoms in total. The normalized spacial score (nSPS) is 18.8. The Hall–Kier alpha value is -2.70. The quantitative estimate of drug-likeness (QED) is 0.704. The van der Waals surface area contributed by atoms with Crippen LogP contribution in [0, 0.1) is 0 Å². The van der Waals surface area contributed by atoms with Gasteiger partial charge in [0.2, 0.25) is 5.91 Å². The van der Waals surface area contributed by atoms with E-state index in [4.69, 9.17) is 9.47 Å². The summed E-state index contributed by atoms with van der Waals surface area (Å²) < 4.78 is 11.1. The van der Waals surface area contributed by atoms with Crippen LogP contribution in [-0.2, 0) is 25.5 Å². The van der Waals surface area contributed by atoms with Gasteiger partial charge in [0.1, 0.15) is 0 Å². The van der Waals surface area contributed by atoms with Gasteiger partial charge in [0, 0.05) is 34.2 Å². The van der Waals surface area contributed by atoms with Gasteiger partial charge in [-0.3, -0.25) is 9.59 Å². The number of hydrogen-bond donors (Lipinski definition) is 0. The van der Waals surface area contributed by atoms with E-state index in [1.54, 1.807) is 31.0 Å². The van der Waals surface area contributed by atoms with Gasteiger partial charge in [-0.15, -0.1) is 0 Å². The first-order chi connectivity index (χ1) is 14.4. The van der Waals surface area contributed by atoms with Crippen LogP contribution in [0.3, 0.4) is 0 Å². The summed E-state index contributed by atoms with van der Waals surface area (Å²) in [5.41, 5.74) is 2.11. The minimum atomic E-state index is -1.10. The first-order valence-electron chi connectivity index (χ1n) is 10.2. The third kappa shape index (κ3) is 5.07. The standard InChI is InChI=1S/C24H30N2O4/c1-25(2)23(28)24(18-26(13-15-30-24)22(27)12-14-29-3)17-19-8-7-11-21(16-19)20-9-5-4-6-10-20/h4-11,16H,12-15,17-18H2,1-3H3. The number of methoxy groups -OCH3 is 1. The Kier molecular flexibility index (Phi) is 7.24. The van der Waals surface area contributed by atoms with Crippen molar-refractivity contribution in [2.24, 2.45) is 0 Å². The number of rotatable bonds is 7. The van der Waals surface area contributed by atoms with Gasteiger partial charge < -0.3 is 19.3 Å². The number of likely N-dealkylation sites (N-methyl/N-ethyl adjacent to an activating group) is 1. The molecule has 1 unspecified atom stereocenters. The van der Waals surface area contributed by atoms with Gasteiger partial charge in [-0.05, 0) is 16.7 Å². The zero-order valence-corrected chi connectivity index (χ0v) is 18.0. The highest BCUT2D eigenvalue weighted by atomic mass is 16.5. The van der Waals surface area contributed by atoms with E-state index in [0.29, 0.717) is 32.6 Å². The molecule has 1 aliphatic heterocycles. The molecule has 1 atom stereocenters. The smallest absolute Gasteiger partial charge is 0.256 e. The fourth-order valence-corrected chi connectivity index (χ4v) is 3.89. The predicted molar refractivity (Wildman–Crippen MR) is 116 cm³/mol. The average molecular weight is 411 g/mol. The average Bonchev–Trinajstić information content (AvgIpc) is 2.77. The van der Waals surface area contributed by atoms with Gasteiger partial charge in [-0.25, -0.2) is 0 Å². The maximum Gasteiger partial charge on any atom is 0.256 e. The van der Waals surface area contributed by atoms with Gasteiger partial charge in [-0.1, -0.05) is 54.6 Å². The van der Waals surface area contributed by atoms with E-state index in [2.05, 4.69) is 24.3 Å². The molecule has 3 rings (SSSR count). The molecule has 1 heterocycles. The number of hydrogen-bond acceptors (Lipinski definition) is 4. The number of ether oxygens (including phenoxy) is 2. The fraction of sp³-hybridized carbons (Fsp3) is 0.417. The highest BCUT2D eigenvalue weighted by molar-refractivity contribution is 5.87. The summed E-state index contributed by atoms with van der Waals surface area (Å²) in [5, 5.41) is 0. The number of morpholine rings is 1. The SMILES string of the molecule is COCCC(=O)N1CCOC(Cc2cccc(-c3ccccc3)c2)(C(=O)N(C)C)C1. The molecule has 1 fully saturated rings. The summed E-state index contributed by atoms with van der Waals surface area (Å²) in [6, 6.07) is 18.3. The van der Waals surface area contributed by atoms with Crippen molar-refractivity contribution in [3.8, 4) is 11.1 Å². The number of carbonyl (C=O) groups is 2. The Bertz CT molecular complexity index is 869. The van der Waals surface area contributed by atoms with Crippen LogP contribution in [-0.4, -0.2) is 74.7 Å². The van der Waals surface area contributed by atoms with Crippen molar-refractivity contribution < 1.29 is 19.1 Å². The van der Waals surface area contributed by atoms with Crippen LogP contribution in [0.2, 0.25) is 0 Å². The van der Waals surface area contributed by atoms with E-state index in [1.807, 2.05) is 30.3 Å². The largest absolute Gasteiger partial charge is 0.384 e. The molecule has 30 heavy (non-hydrogen) atoms. The third-order valence-electron chi connectivity index (χ3n) is 5.38. The minimum absolute atomic E-state index is 0.0193. The lowest BCUT2D eigenvalue weighted by atomic mass is 9.89.